The normalized spacial score (nSPS) is 22.7. The van der Waals surface area contributed by atoms with Gasteiger partial charge in [-0.1, -0.05) is 35.3 Å². The molecule has 5 nitrogen and oxygen atoms in total. The molecule has 1 aliphatic carbocycles. The molecule has 1 amide bonds. The van der Waals surface area contributed by atoms with Crippen LogP contribution in [0, 0.1) is 0 Å². The minimum absolute atomic E-state index is 0.0714. The van der Waals surface area contributed by atoms with Gasteiger partial charge in [-0.3, -0.25) is 15.1 Å². The summed E-state index contributed by atoms with van der Waals surface area (Å²) in [5.41, 5.74) is 2.10. The molecule has 0 saturated carbocycles. The molecule has 2 aromatic rings. The van der Waals surface area contributed by atoms with Gasteiger partial charge in [0, 0.05) is 22.7 Å². The third-order valence-electron chi connectivity index (χ3n) is 6.12. The van der Waals surface area contributed by atoms with Gasteiger partial charge in [0.15, 0.2) is 0 Å². The lowest BCUT2D eigenvalue weighted by Crippen LogP contribution is -2.42. The van der Waals surface area contributed by atoms with Crippen LogP contribution in [0.4, 0.5) is 13.2 Å². The van der Waals surface area contributed by atoms with Crippen molar-refractivity contribution in [1.82, 2.24) is 10.8 Å². The van der Waals surface area contributed by atoms with Crippen molar-refractivity contribution in [3.05, 3.63) is 74.8 Å². The number of methoxy groups -OCH3 is 1. The number of aryl methyl sites for hydroxylation is 1. The Morgan fingerprint density at radius 1 is 1.26 bits per heavy atom. The predicted molar refractivity (Wildman–Crippen MR) is 123 cm³/mol. The van der Waals surface area contributed by atoms with E-state index in [0.717, 1.165) is 17.2 Å². The van der Waals surface area contributed by atoms with Crippen molar-refractivity contribution in [3.63, 3.8) is 0 Å². The number of carbonyl (C=O) groups is 1. The number of halogens is 5. The van der Waals surface area contributed by atoms with Crippen LogP contribution in [0.3, 0.4) is 0 Å². The molecule has 0 fully saturated rings. The van der Waals surface area contributed by atoms with Crippen LogP contribution in [0.25, 0.3) is 5.70 Å². The molecule has 34 heavy (non-hydrogen) atoms. The van der Waals surface area contributed by atoms with Crippen LogP contribution >= 0.6 is 23.2 Å². The molecule has 3 unspecified atom stereocenters. The van der Waals surface area contributed by atoms with Gasteiger partial charge in [-0.2, -0.15) is 13.2 Å². The molecule has 182 valence electrons. The fourth-order valence-corrected chi connectivity index (χ4v) is 4.81. The van der Waals surface area contributed by atoms with Gasteiger partial charge < -0.3 is 10.1 Å². The Kier molecular flexibility index (Phi) is 6.88. The van der Waals surface area contributed by atoms with Crippen LogP contribution in [0.1, 0.15) is 48.1 Å². The average molecular weight is 515 g/mol. The summed E-state index contributed by atoms with van der Waals surface area (Å²) < 4.78 is 47.8. The summed E-state index contributed by atoms with van der Waals surface area (Å²) in [4.78, 5) is 17.4. The van der Waals surface area contributed by atoms with Crippen molar-refractivity contribution in [2.45, 2.75) is 50.1 Å². The maximum absolute atomic E-state index is 14.2. The van der Waals surface area contributed by atoms with Crippen LogP contribution in [-0.2, 0) is 26.4 Å². The maximum Gasteiger partial charge on any atom is 0.428 e. The molecule has 2 aliphatic rings. The lowest BCUT2D eigenvalue weighted by molar-refractivity contribution is -0.269. The van der Waals surface area contributed by atoms with E-state index in [1.165, 1.54) is 18.2 Å². The Hall–Kier alpha value is -2.26. The number of alkyl halides is 3. The Labute approximate surface area is 205 Å². The molecular formula is C24H23Cl2F3N2O3. The van der Waals surface area contributed by atoms with Gasteiger partial charge in [-0.05, 0) is 66.8 Å². The molecule has 0 radical (unpaired) electrons. The molecule has 1 aliphatic heterocycles. The Balaban J connectivity index is 1.61. The average Bonchev–Trinajstić information content (AvgIpc) is 3.38. The maximum atomic E-state index is 14.2. The molecule has 2 N–H and O–H groups in total. The van der Waals surface area contributed by atoms with Gasteiger partial charge in [-0.25, -0.2) is 0 Å². The minimum Gasteiger partial charge on any atom is -0.381 e. The lowest BCUT2D eigenvalue weighted by Gasteiger charge is -2.28. The number of nitrogens with one attached hydrogen (secondary N) is 2. The molecule has 1 heterocycles. The van der Waals surface area contributed by atoms with Gasteiger partial charge in [0.25, 0.3) is 0 Å². The summed E-state index contributed by atoms with van der Waals surface area (Å²) in [6.45, 7) is 1.82. The standard InChI is InChI=1S/C24H23Cl2F3N2O3/c1-13(33-2)7-22(32)30-20-6-4-14-8-15(3-5-19(14)20)21-12-23(34-31-21,24(27,28)29)16-9-17(25)11-18(26)10-16/h3,5,8-13,20,31H,4,6-7H2,1-2H3,(H,30,32). The van der Waals surface area contributed by atoms with Crippen molar-refractivity contribution >= 4 is 34.8 Å². The van der Waals surface area contributed by atoms with Crippen molar-refractivity contribution in [2.75, 3.05) is 7.11 Å². The van der Waals surface area contributed by atoms with E-state index in [9.17, 15) is 18.0 Å². The molecule has 2 aromatic carbocycles. The van der Waals surface area contributed by atoms with E-state index in [0.29, 0.717) is 18.4 Å². The van der Waals surface area contributed by atoms with E-state index >= 15 is 0 Å². The monoisotopic (exact) mass is 514 g/mol. The van der Waals surface area contributed by atoms with Crippen LogP contribution in [0.15, 0.2) is 42.5 Å². The summed E-state index contributed by atoms with van der Waals surface area (Å²) in [6, 6.07) is 8.93. The van der Waals surface area contributed by atoms with Crippen molar-refractivity contribution in [3.8, 4) is 0 Å². The van der Waals surface area contributed by atoms with E-state index in [2.05, 4.69) is 10.8 Å². The third kappa shape index (κ3) is 4.77. The van der Waals surface area contributed by atoms with Gasteiger partial charge in [0.2, 0.25) is 11.5 Å². The highest BCUT2D eigenvalue weighted by molar-refractivity contribution is 6.34. The van der Waals surface area contributed by atoms with Crippen LogP contribution in [-0.4, -0.2) is 25.3 Å². The lowest BCUT2D eigenvalue weighted by atomic mass is 9.91. The zero-order chi connectivity index (χ0) is 24.7. The number of hydrogen-bond acceptors (Lipinski definition) is 4. The fourth-order valence-electron chi connectivity index (χ4n) is 4.29. The first-order chi connectivity index (χ1) is 16.0. The van der Waals surface area contributed by atoms with Gasteiger partial charge in [0.05, 0.1) is 24.3 Å². The first kappa shape index (κ1) is 24.9. The highest BCUT2D eigenvalue weighted by atomic mass is 35.5. The topological polar surface area (TPSA) is 59.6 Å². The van der Waals surface area contributed by atoms with E-state index < -0.39 is 11.8 Å². The number of hydrogen-bond donors (Lipinski definition) is 2. The largest absolute Gasteiger partial charge is 0.428 e. The Morgan fingerprint density at radius 2 is 1.97 bits per heavy atom. The van der Waals surface area contributed by atoms with Crippen LogP contribution < -0.4 is 10.8 Å². The van der Waals surface area contributed by atoms with Crippen molar-refractivity contribution < 1.29 is 27.5 Å². The number of hydroxylamine groups is 1. The van der Waals surface area contributed by atoms with Gasteiger partial charge in [-0.15, -0.1) is 0 Å². The predicted octanol–water partition coefficient (Wildman–Crippen LogP) is 5.86. The minimum atomic E-state index is -4.78. The molecule has 0 aromatic heterocycles. The number of fused-ring (bicyclic) bond motifs is 1. The fraction of sp³-hybridized carbons (Fsp3) is 0.375. The van der Waals surface area contributed by atoms with Crippen LogP contribution in [0.5, 0.6) is 0 Å². The molecule has 4 rings (SSSR count). The zero-order valence-electron chi connectivity index (χ0n) is 18.4. The SMILES string of the molecule is COC(C)CC(=O)NC1CCc2cc(C3=CC(c4cc(Cl)cc(Cl)c4)(C(F)(F)F)ON3)ccc21. The molecule has 3 atom stereocenters. The summed E-state index contributed by atoms with van der Waals surface area (Å²) in [5.74, 6) is -0.111. The number of benzene rings is 2. The first-order valence-corrected chi connectivity index (χ1v) is 11.4. The summed E-state index contributed by atoms with van der Waals surface area (Å²) >= 11 is 11.9. The second-order valence-electron chi connectivity index (χ2n) is 8.48. The highest BCUT2D eigenvalue weighted by Gasteiger charge is 2.59. The number of rotatable bonds is 6. The smallest absolute Gasteiger partial charge is 0.381 e. The molecule has 0 saturated heterocycles. The molecule has 10 heteroatoms. The van der Waals surface area contributed by atoms with Gasteiger partial charge >= 0.3 is 6.18 Å². The summed E-state index contributed by atoms with van der Waals surface area (Å²) in [6.07, 6.45) is -2.31. The Morgan fingerprint density at radius 3 is 2.62 bits per heavy atom. The van der Waals surface area contributed by atoms with Crippen molar-refractivity contribution in [1.29, 1.82) is 0 Å². The van der Waals surface area contributed by atoms with E-state index in [-0.39, 0.29) is 45.8 Å². The van der Waals surface area contributed by atoms with Gasteiger partial charge in [0.1, 0.15) is 0 Å². The summed E-state index contributed by atoms with van der Waals surface area (Å²) in [5, 5.41) is 3.15. The summed E-state index contributed by atoms with van der Waals surface area (Å²) in [7, 11) is 1.55. The number of ether oxygens (including phenoxy) is 1. The quantitative estimate of drug-likeness (QED) is 0.507. The number of carbonyl (C=O) groups excluding carboxylic acids is 1. The van der Waals surface area contributed by atoms with Crippen molar-refractivity contribution in [2.24, 2.45) is 0 Å². The van der Waals surface area contributed by atoms with E-state index in [1.807, 2.05) is 19.1 Å². The molecular weight excluding hydrogens is 492 g/mol. The van der Waals surface area contributed by atoms with E-state index in [4.69, 9.17) is 32.8 Å². The third-order valence-corrected chi connectivity index (χ3v) is 6.56. The first-order valence-electron chi connectivity index (χ1n) is 10.7. The molecule has 0 spiro atoms. The second kappa shape index (κ2) is 9.41. The zero-order valence-corrected chi connectivity index (χ0v) is 19.9. The van der Waals surface area contributed by atoms with E-state index in [1.54, 1.807) is 13.2 Å². The Bertz CT molecular complexity index is 1120. The molecule has 0 bridgehead atoms. The number of amides is 1. The second-order valence-corrected chi connectivity index (χ2v) is 9.35. The van der Waals surface area contributed by atoms with Crippen LogP contribution in [0.2, 0.25) is 10.0 Å². The highest BCUT2D eigenvalue weighted by Crippen LogP contribution is 2.48.